The molecule has 0 N–H and O–H groups in total. The van der Waals surface area contributed by atoms with Gasteiger partial charge in [0.25, 0.3) is 5.91 Å². The normalized spacial score (nSPS) is 11.2. The Balaban J connectivity index is 1.80. The lowest BCUT2D eigenvalue weighted by Crippen LogP contribution is -2.48. The van der Waals surface area contributed by atoms with E-state index in [4.69, 9.17) is 20.8 Å². The lowest BCUT2D eigenvalue weighted by atomic mass is 10.1. The summed E-state index contributed by atoms with van der Waals surface area (Å²) >= 11 is 5.92. The summed E-state index contributed by atoms with van der Waals surface area (Å²) in [4.78, 5) is 19.3. The first-order valence-corrected chi connectivity index (χ1v) is 8.98. The Morgan fingerprint density at radius 2 is 1.89 bits per heavy atom. The van der Waals surface area contributed by atoms with Crippen LogP contribution < -0.4 is 4.74 Å². The molecule has 0 aliphatic heterocycles. The molecular formula is C21H21ClN2O3. The lowest BCUT2D eigenvalue weighted by molar-refractivity contribution is -0.147. The van der Waals surface area contributed by atoms with E-state index in [1.165, 1.54) is 0 Å². The van der Waals surface area contributed by atoms with Crippen molar-refractivity contribution in [1.29, 1.82) is 0 Å². The van der Waals surface area contributed by atoms with Crippen LogP contribution in [0.25, 0.3) is 0 Å². The Labute approximate surface area is 163 Å². The number of halogens is 1. The van der Waals surface area contributed by atoms with Gasteiger partial charge in [0.15, 0.2) is 5.60 Å². The van der Waals surface area contributed by atoms with Gasteiger partial charge in [-0.3, -0.25) is 9.78 Å². The molecule has 0 aliphatic rings. The van der Waals surface area contributed by atoms with Crippen LogP contribution in [0.4, 0.5) is 0 Å². The van der Waals surface area contributed by atoms with E-state index in [0.29, 0.717) is 29.6 Å². The predicted molar refractivity (Wildman–Crippen MR) is 103 cm³/mol. The first-order chi connectivity index (χ1) is 12.9. The quantitative estimate of drug-likeness (QED) is 0.591. The molecule has 0 bridgehead atoms. The van der Waals surface area contributed by atoms with Gasteiger partial charge in [0.05, 0.1) is 25.0 Å². The zero-order chi connectivity index (χ0) is 19.3. The summed E-state index contributed by atoms with van der Waals surface area (Å²) in [5.74, 6) is 1.11. The van der Waals surface area contributed by atoms with Crippen LogP contribution in [0.3, 0.4) is 0 Å². The van der Waals surface area contributed by atoms with Gasteiger partial charge in [-0.15, -0.1) is 0 Å². The Hall–Kier alpha value is -2.79. The van der Waals surface area contributed by atoms with Crippen molar-refractivity contribution in [3.63, 3.8) is 0 Å². The largest absolute Gasteiger partial charge is 0.478 e. The highest BCUT2D eigenvalue weighted by atomic mass is 35.5. The lowest BCUT2D eigenvalue weighted by Gasteiger charge is -2.32. The Bertz CT molecular complexity index is 862. The van der Waals surface area contributed by atoms with Gasteiger partial charge in [0, 0.05) is 11.2 Å². The molecule has 3 rings (SSSR count). The van der Waals surface area contributed by atoms with Crippen LogP contribution in [0.2, 0.25) is 5.02 Å². The van der Waals surface area contributed by atoms with Crippen molar-refractivity contribution < 1.29 is 13.9 Å². The van der Waals surface area contributed by atoms with Gasteiger partial charge in [0.1, 0.15) is 11.5 Å². The van der Waals surface area contributed by atoms with Crippen LogP contribution in [0.15, 0.2) is 71.5 Å². The third-order valence-corrected chi connectivity index (χ3v) is 4.25. The number of aromatic nitrogens is 1. The van der Waals surface area contributed by atoms with E-state index in [1.807, 2.05) is 24.3 Å². The van der Waals surface area contributed by atoms with E-state index in [2.05, 4.69) is 4.98 Å². The summed E-state index contributed by atoms with van der Waals surface area (Å²) in [7, 11) is 0. The summed E-state index contributed by atoms with van der Waals surface area (Å²) in [5.41, 5.74) is -0.283. The fraction of sp³-hybridized carbons (Fsp3) is 0.238. The number of rotatable bonds is 7. The van der Waals surface area contributed by atoms with Crippen LogP contribution in [0.1, 0.15) is 25.3 Å². The number of ether oxygens (including phenoxy) is 1. The van der Waals surface area contributed by atoms with E-state index in [9.17, 15) is 4.79 Å². The van der Waals surface area contributed by atoms with Gasteiger partial charge in [0.2, 0.25) is 0 Å². The van der Waals surface area contributed by atoms with Crippen LogP contribution >= 0.6 is 11.6 Å². The number of carbonyl (C=O) groups excluding carboxylic acids is 1. The SMILES string of the molecule is CC(C)(Oc1ccc(Cl)cc1)C(=O)N(Cc1ccccn1)Cc1ccco1. The third kappa shape index (κ3) is 5.11. The Kier molecular flexibility index (Phi) is 5.81. The minimum absolute atomic E-state index is 0.167. The van der Waals surface area contributed by atoms with E-state index in [0.717, 1.165) is 5.69 Å². The smallest absolute Gasteiger partial charge is 0.266 e. The topological polar surface area (TPSA) is 55.6 Å². The molecule has 0 spiro atoms. The van der Waals surface area contributed by atoms with Crippen molar-refractivity contribution >= 4 is 17.5 Å². The van der Waals surface area contributed by atoms with Crippen LogP contribution in [-0.4, -0.2) is 21.4 Å². The van der Waals surface area contributed by atoms with E-state index in [-0.39, 0.29) is 5.91 Å². The van der Waals surface area contributed by atoms with Gasteiger partial charge in [-0.2, -0.15) is 0 Å². The molecule has 2 heterocycles. The summed E-state index contributed by atoms with van der Waals surface area (Å²) in [6.07, 6.45) is 3.30. The Morgan fingerprint density at radius 1 is 1.11 bits per heavy atom. The molecule has 0 saturated heterocycles. The highest BCUT2D eigenvalue weighted by Gasteiger charge is 2.35. The maximum Gasteiger partial charge on any atom is 0.266 e. The molecule has 1 amide bonds. The number of carbonyl (C=O) groups is 1. The van der Waals surface area contributed by atoms with Gasteiger partial charge >= 0.3 is 0 Å². The second kappa shape index (κ2) is 8.27. The highest BCUT2D eigenvalue weighted by molar-refractivity contribution is 6.30. The van der Waals surface area contributed by atoms with Gasteiger partial charge < -0.3 is 14.1 Å². The molecule has 5 nitrogen and oxygen atoms in total. The van der Waals surface area contributed by atoms with Crippen LogP contribution in [0.5, 0.6) is 5.75 Å². The van der Waals surface area contributed by atoms with Crippen molar-refractivity contribution in [2.45, 2.75) is 32.5 Å². The zero-order valence-corrected chi connectivity index (χ0v) is 16.0. The molecule has 3 aromatic rings. The number of furan rings is 1. The van der Waals surface area contributed by atoms with Crippen LogP contribution in [0, 0.1) is 0 Å². The minimum Gasteiger partial charge on any atom is -0.478 e. The number of benzene rings is 1. The number of hydrogen-bond acceptors (Lipinski definition) is 4. The second-order valence-corrected chi connectivity index (χ2v) is 7.06. The number of hydrogen-bond donors (Lipinski definition) is 0. The molecule has 0 aliphatic carbocycles. The molecule has 1 aromatic carbocycles. The Morgan fingerprint density at radius 3 is 2.52 bits per heavy atom. The third-order valence-electron chi connectivity index (χ3n) is 3.99. The van der Waals surface area contributed by atoms with Crippen molar-refractivity contribution in [3.05, 3.63) is 83.5 Å². The van der Waals surface area contributed by atoms with E-state index >= 15 is 0 Å². The maximum absolute atomic E-state index is 13.3. The summed E-state index contributed by atoms with van der Waals surface area (Å²) in [6, 6.07) is 16.2. The van der Waals surface area contributed by atoms with Crippen molar-refractivity contribution in [1.82, 2.24) is 9.88 Å². The van der Waals surface area contributed by atoms with Crippen molar-refractivity contribution in [2.75, 3.05) is 0 Å². The standard InChI is InChI=1S/C21H21ClN2O3/c1-21(2,27-18-10-8-16(22)9-11-18)20(25)24(15-19-7-5-13-26-19)14-17-6-3-4-12-23-17/h3-13H,14-15H2,1-2H3. The molecule has 2 aromatic heterocycles. The van der Waals surface area contributed by atoms with Crippen LogP contribution in [-0.2, 0) is 17.9 Å². The monoisotopic (exact) mass is 384 g/mol. The molecule has 27 heavy (non-hydrogen) atoms. The highest BCUT2D eigenvalue weighted by Crippen LogP contribution is 2.24. The molecule has 0 fully saturated rings. The molecular weight excluding hydrogens is 364 g/mol. The summed E-state index contributed by atoms with van der Waals surface area (Å²) < 4.78 is 11.4. The first-order valence-electron chi connectivity index (χ1n) is 8.60. The average molecular weight is 385 g/mol. The van der Waals surface area contributed by atoms with Crippen molar-refractivity contribution in [3.8, 4) is 5.75 Å². The molecule has 140 valence electrons. The van der Waals surface area contributed by atoms with Gasteiger partial charge in [-0.05, 0) is 62.4 Å². The predicted octanol–water partition coefficient (Wildman–Crippen LogP) is 4.71. The van der Waals surface area contributed by atoms with E-state index in [1.54, 1.807) is 61.5 Å². The fourth-order valence-electron chi connectivity index (χ4n) is 2.70. The maximum atomic E-state index is 13.3. The molecule has 6 heteroatoms. The molecule has 0 unspecified atom stereocenters. The molecule has 0 radical (unpaired) electrons. The zero-order valence-electron chi connectivity index (χ0n) is 15.3. The number of amides is 1. The summed E-state index contributed by atoms with van der Waals surface area (Å²) in [6.45, 7) is 4.18. The summed E-state index contributed by atoms with van der Waals surface area (Å²) in [5, 5.41) is 0.612. The fourth-order valence-corrected chi connectivity index (χ4v) is 2.83. The first kappa shape index (κ1) is 19.0. The molecule has 0 atom stereocenters. The minimum atomic E-state index is -1.07. The average Bonchev–Trinajstić information content (AvgIpc) is 3.16. The number of nitrogens with zero attached hydrogens (tertiary/aromatic N) is 2. The second-order valence-electron chi connectivity index (χ2n) is 6.63. The van der Waals surface area contributed by atoms with Gasteiger partial charge in [-0.25, -0.2) is 0 Å². The van der Waals surface area contributed by atoms with Gasteiger partial charge in [-0.1, -0.05) is 17.7 Å². The number of pyridine rings is 1. The van der Waals surface area contributed by atoms with E-state index < -0.39 is 5.60 Å². The molecule has 0 saturated carbocycles. The van der Waals surface area contributed by atoms with Crippen molar-refractivity contribution in [2.24, 2.45) is 0 Å².